The van der Waals surface area contributed by atoms with Gasteiger partial charge in [0.1, 0.15) is 0 Å². The van der Waals surface area contributed by atoms with Gasteiger partial charge < -0.3 is 10.2 Å². The summed E-state index contributed by atoms with van der Waals surface area (Å²) in [5.74, 6) is 0.638. The predicted molar refractivity (Wildman–Crippen MR) is 81.0 cm³/mol. The summed E-state index contributed by atoms with van der Waals surface area (Å²) in [5.41, 5.74) is 1.09. The topological polar surface area (TPSA) is 58.4 Å². The molecule has 1 aromatic carbocycles. The molecular formula is C15H23N3O2. The molecule has 2 rings (SSSR count). The highest BCUT2D eigenvalue weighted by molar-refractivity contribution is 5.49. The molecule has 0 spiro atoms. The second kappa shape index (κ2) is 6.70. The molecule has 1 heterocycles. The summed E-state index contributed by atoms with van der Waals surface area (Å²) in [4.78, 5) is 12.8. The van der Waals surface area contributed by atoms with Crippen LogP contribution in [0.3, 0.4) is 0 Å². The first kappa shape index (κ1) is 14.8. The molecule has 0 radical (unpaired) electrons. The van der Waals surface area contributed by atoms with E-state index in [4.69, 9.17) is 0 Å². The van der Waals surface area contributed by atoms with Crippen molar-refractivity contribution >= 4 is 11.4 Å². The first-order valence-electron chi connectivity index (χ1n) is 7.33. The Kier molecular flexibility index (Phi) is 4.95. The third-order valence-electron chi connectivity index (χ3n) is 4.17. The molecule has 20 heavy (non-hydrogen) atoms. The minimum atomic E-state index is -0.368. The molecule has 1 aliphatic heterocycles. The number of hydrogen-bond acceptors (Lipinski definition) is 4. The fourth-order valence-corrected chi connectivity index (χ4v) is 2.85. The molecule has 0 bridgehead atoms. The number of nitro benzene ring substituents is 1. The van der Waals surface area contributed by atoms with Crippen LogP contribution >= 0.6 is 0 Å². The predicted octanol–water partition coefficient (Wildman–Crippen LogP) is 3.13. The van der Waals surface area contributed by atoms with Crippen LogP contribution in [0, 0.1) is 16.0 Å². The van der Waals surface area contributed by atoms with Crippen LogP contribution in [0.4, 0.5) is 11.4 Å². The Morgan fingerprint density at radius 1 is 1.45 bits per heavy atom. The van der Waals surface area contributed by atoms with E-state index in [-0.39, 0.29) is 10.6 Å². The average molecular weight is 277 g/mol. The molecular weight excluding hydrogens is 254 g/mol. The van der Waals surface area contributed by atoms with Crippen molar-refractivity contribution in [2.24, 2.45) is 5.92 Å². The van der Waals surface area contributed by atoms with E-state index in [1.54, 1.807) is 24.3 Å². The molecule has 0 aliphatic carbocycles. The lowest BCUT2D eigenvalue weighted by atomic mass is 9.91. The fourth-order valence-electron chi connectivity index (χ4n) is 2.85. The average Bonchev–Trinajstić information content (AvgIpc) is 2.47. The molecule has 2 unspecified atom stereocenters. The van der Waals surface area contributed by atoms with Gasteiger partial charge in [-0.1, -0.05) is 6.92 Å². The van der Waals surface area contributed by atoms with Gasteiger partial charge in [-0.15, -0.1) is 0 Å². The van der Waals surface area contributed by atoms with Gasteiger partial charge in [0.05, 0.1) is 4.92 Å². The highest BCUT2D eigenvalue weighted by Gasteiger charge is 2.23. The molecule has 1 aromatic rings. The maximum atomic E-state index is 10.6. The number of hydrogen-bond donors (Lipinski definition) is 1. The van der Waals surface area contributed by atoms with Gasteiger partial charge in [-0.25, -0.2) is 0 Å². The van der Waals surface area contributed by atoms with E-state index in [0.717, 1.165) is 18.8 Å². The van der Waals surface area contributed by atoms with Crippen LogP contribution in [-0.2, 0) is 0 Å². The number of rotatable bonds is 5. The zero-order valence-corrected chi connectivity index (χ0v) is 12.2. The number of nitrogens with zero attached hydrogens (tertiary/aromatic N) is 2. The number of nitro groups is 1. The molecule has 1 saturated heterocycles. The number of nitrogens with one attached hydrogen (secondary N) is 1. The number of benzene rings is 1. The molecule has 5 heteroatoms. The molecule has 2 atom stereocenters. The normalized spacial score (nSPS) is 21.4. The van der Waals surface area contributed by atoms with Gasteiger partial charge in [0.2, 0.25) is 0 Å². The van der Waals surface area contributed by atoms with Gasteiger partial charge in [-0.2, -0.15) is 0 Å². The first-order chi connectivity index (χ1) is 9.60. The lowest BCUT2D eigenvalue weighted by Gasteiger charge is -2.35. The standard InChI is InChI=1S/C15H23N3O2/c1-3-17-10-4-5-13(11-17)12(2)16-14-6-8-15(9-7-14)18(19)20/h6-9,12-13,16H,3-5,10-11H2,1-2H3. The van der Waals surface area contributed by atoms with Crippen molar-refractivity contribution in [1.29, 1.82) is 0 Å². The monoisotopic (exact) mass is 277 g/mol. The summed E-state index contributed by atoms with van der Waals surface area (Å²) in [6, 6.07) is 7.05. The summed E-state index contributed by atoms with van der Waals surface area (Å²) in [5, 5.41) is 14.1. The molecule has 1 fully saturated rings. The summed E-state index contributed by atoms with van der Waals surface area (Å²) in [7, 11) is 0. The molecule has 1 aliphatic rings. The fraction of sp³-hybridized carbons (Fsp3) is 0.600. The minimum Gasteiger partial charge on any atom is -0.382 e. The number of likely N-dealkylation sites (tertiary alicyclic amines) is 1. The van der Waals surface area contributed by atoms with Gasteiger partial charge in [-0.05, 0) is 50.9 Å². The van der Waals surface area contributed by atoms with Crippen molar-refractivity contribution in [2.75, 3.05) is 25.0 Å². The second-order valence-electron chi connectivity index (χ2n) is 5.53. The quantitative estimate of drug-likeness (QED) is 0.663. The summed E-state index contributed by atoms with van der Waals surface area (Å²) >= 11 is 0. The van der Waals surface area contributed by atoms with Crippen molar-refractivity contribution in [3.63, 3.8) is 0 Å². The van der Waals surface area contributed by atoms with Crippen molar-refractivity contribution in [2.45, 2.75) is 32.7 Å². The van der Waals surface area contributed by atoms with E-state index in [2.05, 4.69) is 24.1 Å². The lowest BCUT2D eigenvalue weighted by molar-refractivity contribution is -0.384. The van der Waals surface area contributed by atoms with Crippen molar-refractivity contribution in [3.05, 3.63) is 34.4 Å². The van der Waals surface area contributed by atoms with Gasteiger partial charge >= 0.3 is 0 Å². The third kappa shape index (κ3) is 3.70. The Balaban J connectivity index is 1.93. The van der Waals surface area contributed by atoms with E-state index in [0.29, 0.717) is 12.0 Å². The third-order valence-corrected chi connectivity index (χ3v) is 4.17. The maximum Gasteiger partial charge on any atom is 0.269 e. The second-order valence-corrected chi connectivity index (χ2v) is 5.53. The van der Waals surface area contributed by atoms with Crippen LogP contribution in [0.1, 0.15) is 26.7 Å². The van der Waals surface area contributed by atoms with Crippen LogP contribution in [0.5, 0.6) is 0 Å². The Morgan fingerprint density at radius 3 is 2.75 bits per heavy atom. The highest BCUT2D eigenvalue weighted by Crippen LogP contribution is 2.23. The smallest absolute Gasteiger partial charge is 0.269 e. The van der Waals surface area contributed by atoms with Crippen LogP contribution in [0.25, 0.3) is 0 Å². The van der Waals surface area contributed by atoms with Crippen LogP contribution < -0.4 is 5.32 Å². The maximum absolute atomic E-state index is 10.6. The minimum absolute atomic E-state index is 0.137. The van der Waals surface area contributed by atoms with E-state index in [1.165, 1.54) is 19.4 Å². The molecule has 0 amide bonds. The van der Waals surface area contributed by atoms with Gasteiger partial charge in [-0.3, -0.25) is 10.1 Å². The van der Waals surface area contributed by atoms with Crippen molar-refractivity contribution < 1.29 is 4.92 Å². The van der Waals surface area contributed by atoms with Gasteiger partial charge in [0.25, 0.3) is 5.69 Å². The molecule has 1 N–H and O–H groups in total. The van der Waals surface area contributed by atoms with E-state index in [1.807, 2.05) is 0 Å². The Bertz CT molecular complexity index is 447. The van der Waals surface area contributed by atoms with Crippen LogP contribution in [-0.4, -0.2) is 35.5 Å². The summed E-state index contributed by atoms with van der Waals surface area (Å²) < 4.78 is 0. The van der Waals surface area contributed by atoms with Crippen LogP contribution in [0.15, 0.2) is 24.3 Å². The Morgan fingerprint density at radius 2 is 2.15 bits per heavy atom. The van der Waals surface area contributed by atoms with E-state index >= 15 is 0 Å². The molecule has 5 nitrogen and oxygen atoms in total. The van der Waals surface area contributed by atoms with Gasteiger partial charge in [0, 0.05) is 30.4 Å². The van der Waals surface area contributed by atoms with Gasteiger partial charge in [0.15, 0.2) is 0 Å². The first-order valence-corrected chi connectivity index (χ1v) is 7.33. The van der Waals surface area contributed by atoms with Crippen LogP contribution in [0.2, 0.25) is 0 Å². The summed E-state index contributed by atoms with van der Waals surface area (Å²) in [6.45, 7) is 7.86. The van der Waals surface area contributed by atoms with E-state index < -0.39 is 0 Å². The summed E-state index contributed by atoms with van der Waals surface area (Å²) in [6.07, 6.45) is 2.50. The van der Waals surface area contributed by atoms with Crippen molar-refractivity contribution in [3.8, 4) is 0 Å². The van der Waals surface area contributed by atoms with Crippen molar-refractivity contribution in [1.82, 2.24) is 4.90 Å². The zero-order chi connectivity index (χ0) is 14.5. The number of anilines is 1. The number of non-ortho nitro benzene ring substituents is 1. The molecule has 0 saturated carbocycles. The number of piperidine rings is 1. The molecule has 0 aromatic heterocycles. The SMILES string of the molecule is CCN1CCCC(C(C)Nc2ccc([N+](=O)[O-])cc2)C1. The highest BCUT2D eigenvalue weighted by atomic mass is 16.6. The lowest BCUT2D eigenvalue weighted by Crippen LogP contribution is -2.41. The zero-order valence-electron chi connectivity index (χ0n) is 12.2. The Hall–Kier alpha value is -1.62. The molecule has 110 valence electrons. The largest absolute Gasteiger partial charge is 0.382 e. The Labute approximate surface area is 120 Å². The van der Waals surface area contributed by atoms with E-state index in [9.17, 15) is 10.1 Å².